The van der Waals surface area contributed by atoms with E-state index in [0.29, 0.717) is 29.7 Å². The largest absolute Gasteiger partial charge is 0.507 e. The molecule has 0 bridgehead atoms. The molecule has 0 radical (unpaired) electrons. The van der Waals surface area contributed by atoms with E-state index in [-0.39, 0.29) is 69.3 Å². The number of benzene rings is 3. The zero-order valence-electron chi connectivity index (χ0n) is 40.5. The molecule has 8 N–H and O–H groups in total. The molecule has 0 unspecified atom stereocenters. The van der Waals surface area contributed by atoms with Crippen LogP contribution in [0.2, 0.25) is 0 Å². The van der Waals surface area contributed by atoms with Crippen LogP contribution in [-0.2, 0) is 43.6 Å². The van der Waals surface area contributed by atoms with Crippen LogP contribution in [0, 0.1) is 0 Å². The van der Waals surface area contributed by atoms with Gasteiger partial charge >= 0.3 is 5.63 Å². The van der Waals surface area contributed by atoms with Crippen LogP contribution >= 0.6 is 0 Å². The normalized spacial score (nSPS) is 40.6. The number of ketones is 1. The predicted molar refractivity (Wildman–Crippen MR) is 255 cm³/mol. The number of aromatic hydroxyl groups is 2. The Hall–Kier alpha value is -4.71. The molecule has 4 saturated heterocycles. The van der Waals surface area contributed by atoms with Crippen LogP contribution in [-0.4, -0.2) is 144 Å². The summed E-state index contributed by atoms with van der Waals surface area (Å²) in [6.45, 7) is 8.19. The zero-order valence-corrected chi connectivity index (χ0v) is 40.5. The van der Waals surface area contributed by atoms with E-state index in [4.69, 9.17) is 37.6 Å². The second-order valence-electron chi connectivity index (χ2n) is 21.1. The minimum atomic E-state index is -2.47. The van der Waals surface area contributed by atoms with Gasteiger partial charge < -0.3 is 78.4 Å². The fourth-order valence-corrected chi connectivity index (χ4v) is 12.2. The Morgan fingerprint density at radius 1 is 0.750 bits per heavy atom. The maximum atomic E-state index is 15.0. The van der Waals surface area contributed by atoms with E-state index in [1.54, 1.807) is 51.1 Å². The van der Waals surface area contributed by atoms with Gasteiger partial charge in [0.25, 0.3) is 0 Å². The Morgan fingerprint density at radius 3 is 2.21 bits per heavy atom. The Balaban J connectivity index is 1.03. The molecule has 5 aliphatic heterocycles. The minimum Gasteiger partial charge on any atom is -0.507 e. The summed E-state index contributed by atoms with van der Waals surface area (Å²) in [6, 6.07) is 8.71. The summed E-state index contributed by atoms with van der Waals surface area (Å²) in [5.41, 5.74) is -6.35. The molecule has 5 fully saturated rings. The Kier molecular flexibility index (Phi) is 12.4. The van der Waals surface area contributed by atoms with Gasteiger partial charge in [0.15, 0.2) is 30.3 Å². The number of phenols is 2. The summed E-state index contributed by atoms with van der Waals surface area (Å²) in [5, 5.41) is 92.2. The molecule has 72 heavy (non-hydrogen) atoms. The summed E-state index contributed by atoms with van der Waals surface area (Å²) in [4.78, 5) is 34.6. The van der Waals surface area contributed by atoms with E-state index in [2.05, 4.69) is 4.99 Å². The van der Waals surface area contributed by atoms with E-state index in [1.165, 1.54) is 25.3 Å². The number of hydrogen-bond acceptors (Lipinski definition) is 19. The van der Waals surface area contributed by atoms with Crippen LogP contribution in [0.5, 0.6) is 11.5 Å². The molecule has 2 aliphatic carbocycles. The van der Waals surface area contributed by atoms with E-state index in [0.717, 1.165) is 0 Å². The van der Waals surface area contributed by atoms with Gasteiger partial charge in [-0.2, -0.15) is 0 Å². The molecule has 4 aromatic rings. The van der Waals surface area contributed by atoms with E-state index in [9.17, 15) is 40.9 Å². The predicted octanol–water partition coefficient (Wildman–Crippen LogP) is 3.32. The molecule has 386 valence electrons. The van der Waals surface area contributed by atoms with Crippen molar-refractivity contribution in [3.8, 4) is 11.5 Å². The van der Waals surface area contributed by atoms with Crippen LogP contribution in [0.4, 0.5) is 5.69 Å². The number of aliphatic imine (C=N–C) groups is 1. The second-order valence-corrected chi connectivity index (χ2v) is 21.1. The van der Waals surface area contributed by atoms with E-state index in [1.807, 2.05) is 6.92 Å². The Morgan fingerprint density at radius 2 is 1.46 bits per heavy atom. The number of hydrogen-bond donors (Lipinski definition) is 8. The lowest BCUT2D eigenvalue weighted by Gasteiger charge is -2.54. The van der Waals surface area contributed by atoms with Crippen molar-refractivity contribution in [2.75, 3.05) is 0 Å². The van der Waals surface area contributed by atoms with Gasteiger partial charge in [-0.3, -0.25) is 9.79 Å². The quantitative estimate of drug-likeness (QED) is 0.123. The first-order chi connectivity index (χ1) is 34.2. The van der Waals surface area contributed by atoms with Gasteiger partial charge in [0.1, 0.15) is 34.9 Å². The van der Waals surface area contributed by atoms with Crippen LogP contribution in [0.1, 0.15) is 114 Å². The molecule has 6 heterocycles. The number of ether oxygens (including phenoxy) is 7. The molecule has 7 aliphatic rings. The third kappa shape index (κ3) is 7.95. The Labute approximate surface area is 412 Å². The number of aliphatic hydroxyl groups excluding tert-OH is 4. The number of fused-ring (bicyclic) bond motifs is 5. The molecular formula is C53H61NO18. The van der Waals surface area contributed by atoms with Crippen molar-refractivity contribution in [3.63, 3.8) is 0 Å². The van der Waals surface area contributed by atoms with Gasteiger partial charge in [-0.25, -0.2) is 4.79 Å². The van der Waals surface area contributed by atoms with Gasteiger partial charge in [0.05, 0.1) is 76.8 Å². The third-order valence-corrected chi connectivity index (χ3v) is 15.9. The average molecular weight is 1000 g/mol. The number of carbonyl (C=O) groups excluding carboxylic acids is 1. The lowest BCUT2D eigenvalue weighted by Crippen LogP contribution is -2.67. The highest BCUT2D eigenvalue weighted by molar-refractivity contribution is 6.22. The molecule has 0 spiro atoms. The summed E-state index contributed by atoms with van der Waals surface area (Å²) in [6.07, 6.45) is -7.44. The minimum absolute atomic E-state index is 0.00308. The molecule has 1 saturated carbocycles. The van der Waals surface area contributed by atoms with Crippen molar-refractivity contribution in [2.24, 2.45) is 4.99 Å². The molecule has 19 heteroatoms. The number of phenolic OH excluding ortho intramolecular Hbond substituents is 2. The SMILES string of the molecule is C[C@@H]1O[C@@H](O[C@@H]2C[C@H](c3cc4/c(=C5/C=Nc6ccccc65)c(=O)oc5c6c(c(O)c(c3O)c54)C=C[C@]3(O)C[C@@](C)(O)CC(=O)[C@]63O[C@H]3CC[C@H](O)[C@@H](C)O3)O[C@H](C)[C@H]2O)CC[C@@H]1O[C@H]1C[C@@H](O)[C@H](O)[C@@H](C)O1. The summed E-state index contributed by atoms with van der Waals surface area (Å²) < 4.78 is 50.3. The van der Waals surface area contributed by atoms with Crippen LogP contribution < -0.4 is 10.8 Å². The van der Waals surface area contributed by atoms with Crippen LogP contribution in [0.15, 0.2) is 50.6 Å². The molecule has 19 nitrogen and oxygen atoms in total. The van der Waals surface area contributed by atoms with Gasteiger partial charge in [0.2, 0.25) is 0 Å². The summed E-state index contributed by atoms with van der Waals surface area (Å²) in [5.74, 6) is -1.82. The zero-order chi connectivity index (χ0) is 50.9. The number of rotatable bonds is 7. The third-order valence-electron chi connectivity index (χ3n) is 15.9. The first-order valence-corrected chi connectivity index (χ1v) is 24.9. The highest BCUT2D eigenvalue weighted by atomic mass is 16.7. The molecule has 0 amide bonds. The van der Waals surface area contributed by atoms with Crippen molar-refractivity contribution in [1.82, 2.24) is 0 Å². The number of Topliss-reactive ketones (excluding diaryl/α,β-unsaturated/α-hetero) is 1. The maximum absolute atomic E-state index is 15.0. The van der Waals surface area contributed by atoms with E-state index < -0.39 is 139 Å². The van der Waals surface area contributed by atoms with Crippen molar-refractivity contribution in [1.29, 1.82) is 0 Å². The number of carbonyl (C=O) groups is 1. The first kappa shape index (κ1) is 49.5. The lowest BCUT2D eigenvalue weighted by molar-refractivity contribution is -0.306. The van der Waals surface area contributed by atoms with Crippen LogP contribution in [0.25, 0.3) is 33.4 Å². The number of nitrogens with zero attached hydrogens (tertiary/aromatic N) is 1. The Bertz CT molecular complexity index is 2990. The summed E-state index contributed by atoms with van der Waals surface area (Å²) >= 11 is 0. The topological polar surface area (TPSA) is 286 Å². The van der Waals surface area contributed by atoms with Crippen LogP contribution in [0.3, 0.4) is 0 Å². The lowest BCUT2D eigenvalue weighted by atomic mass is 9.59. The average Bonchev–Trinajstić information content (AvgIpc) is 3.74. The molecule has 17 atom stereocenters. The summed E-state index contributed by atoms with van der Waals surface area (Å²) in [7, 11) is 0. The standard InChI is InChI=1S/C53H61NO18/c1-22-32(55)10-12-39(66-22)72-53-37(57)19-51(5,63)21-52(53,64)15-14-27-44(53)49-42-29(41(50(62)71-49)30-20-54-31-9-7-6-8-26(30)31)16-28(48(61)43(42)47(27)60)35-18-36(46(59)25(4)65-35)70-38-13-11-34(23(2)67-38)69-40-17-33(56)45(58)24(3)68-40/h6-9,14-16,20,22-25,32-36,38-40,45-46,55-56,58-61,63-64H,10-13,17-19,21H2,1-5H3/b41-30+/t22-,23+,24-,25-,32+,33-,34+,35-,36-,38+,39+,40+,45-,46-,51+,52+,53+/m1/s1. The number of aliphatic hydroxyl groups is 6. The van der Waals surface area contributed by atoms with E-state index >= 15 is 9.59 Å². The monoisotopic (exact) mass is 999 g/mol. The highest BCUT2D eigenvalue weighted by Crippen LogP contribution is 2.59. The van der Waals surface area contributed by atoms with Crippen molar-refractivity contribution >= 4 is 51.1 Å². The molecular weight excluding hydrogens is 939 g/mol. The fourth-order valence-electron chi connectivity index (χ4n) is 12.2. The van der Waals surface area contributed by atoms with Gasteiger partial charge in [-0.05, 0) is 65.7 Å². The highest BCUT2D eigenvalue weighted by Gasteiger charge is 2.67. The number of para-hydroxylation sites is 1. The van der Waals surface area contributed by atoms with Gasteiger partial charge in [-0.1, -0.05) is 24.3 Å². The molecule has 3 aromatic carbocycles. The fraction of sp³-hybridized carbons (Fsp3) is 0.566. The van der Waals surface area contributed by atoms with Crippen molar-refractivity contribution in [3.05, 3.63) is 74.3 Å². The second kappa shape index (κ2) is 18.0. The van der Waals surface area contributed by atoms with Gasteiger partial charge in [0, 0.05) is 83.3 Å². The van der Waals surface area contributed by atoms with Gasteiger partial charge in [-0.15, -0.1) is 0 Å². The molecule has 11 rings (SSSR count). The van der Waals surface area contributed by atoms with Crippen molar-refractivity contribution < 1.29 is 83.2 Å². The molecule has 1 aromatic heterocycles. The first-order valence-electron chi connectivity index (χ1n) is 24.9. The maximum Gasteiger partial charge on any atom is 0.344 e. The van der Waals surface area contributed by atoms with Crippen molar-refractivity contribution in [2.45, 2.75) is 189 Å². The smallest absolute Gasteiger partial charge is 0.344 e.